The van der Waals surface area contributed by atoms with Gasteiger partial charge in [0.05, 0.1) is 24.4 Å². The van der Waals surface area contributed by atoms with Crippen molar-refractivity contribution < 1.29 is 27.9 Å². The Hall–Kier alpha value is -1.39. The van der Waals surface area contributed by atoms with E-state index in [1.807, 2.05) is 0 Å². The summed E-state index contributed by atoms with van der Waals surface area (Å²) in [6, 6.07) is -0.560. The lowest BCUT2D eigenvalue weighted by molar-refractivity contribution is -0.131. The molecule has 2 aliphatic heterocycles. The van der Waals surface area contributed by atoms with Crippen LogP contribution in [0.15, 0.2) is 0 Å². The highest BCUT2D eigenvalue weighted by molar-refractivity contribution is 7.89. The van der Waals surface area contributed by atoms with Gasteiger partial charge in [-0.05, 0) is 20.8 Å². The summed E-state index contributed by atoms with van der Waals surface area (Å²) in [5.74, 6) is -0.901. The lowest BCUT2D eigenvalue weighted by Crippen LogP contribution is -2.44. The Morgan fingerprint density at radius 3 is 2.50 bits per heavy atom. The molecule has 0 aromatic heterocycles. The predicted octanol–water partition coefficient (Wildman–Crippen LogP) is -0.896. The van der Waals surface area contributed by atoms with Crippen molar-refractivity contribution in [3.8, 4) is 0 Å². The lowest BCUT2D eigenvalue weighted by Gasteiger charge is -2.27. The van der Waals surface area contributed by atoms with E-state index in [-0.39, 0.29) is 37.7 Å². The summed E-state index contributed by atoms with van der Waals surface area (Å²) < 4.78 is 27.7. The van der Waals surface area contributed by atoms with Crippen molar-refractivity contribution in [3.63, 3.8) is 0 Å². The first-order valence-corrected chi connectivity index (χ1v) is 9.53. The van der Waals surface area contributed by atoms with Gasteiger partial charge in [-0.25, -0.2) is 18.4 Å². The molecule has 0 aliphatic carbocycles. The fourth-order valence-electron chi connectivity index (χ4n) is 3.12. The standard InChI is InChI=1S/C14H25N3O6S/c1-14(2,3)23-13(20)16-6-10(11(18)7-16)17-5-9(4-12(17)19)8-24(15,21)22/h9-11,18H,4-8H2,1-3H3,(H2,15,21,22). The van der Waals surface area contributed by atoms with Crippen molar-refractivity contribution in [3.05, 3.63) is 0 Å². The Kier molecular flexibility index (Phi) is 5.12. The molecule has 3 N–H and O–H groups in total. The van der Waals surface area contributed by atoms with Gasteiger partial charge in [0, 0.05) is 25.4 Å². The predicted molar refractivity (Wildman–Crippen MR) is 85.4 cm³/mol. The topological polar surface area (TPSA) is 130 Å². The molecular formula is C14H25N3O6S. The molecule has 2 rings (SSSR count). The number of nitrogens with two attached hydrogens (primary N) is 1. The molecule has 2 saturated heterocycles. The third-order valence-corrected chi connectivity index (χ3v) is 4.95. The van der Waals surface area contributed by atoms with E-state index in [4.69, 9.17) is 9.88 Å². The van der Waals surface area contributed by atoms with Crippen LogP contribution in [0.25, 0.3) is 0 Å². The van der Waals surface area contributed by atoms with Crippen LogP contribution in [0.4, 0.5) is 4.79 Å². The van der Waals surface area contributed by atoms with Gasteiger partial charge >= 0.3 is 6.09 Å². The van der Waals surface area contributed by atoms with E-state index < -0.39 is 39.8 Å². The van der Waals surface area contributed by atoms with Crippen molar-refractivity contribution >= 4 is 22.0 Å². The molecule has 3 atom stereocenters. The minimum absolute atomic E-state index is 0.0726. The second-order valence-corrected chi connectivity index (χ2v) is 9.12. The summed E-state index contributed by atoms with van der Waals surface area (Å²) in [4.78, 5) is 27.1. The number of hydrogen-bond donors (Lipinski definition) is 2. The largest absolute Gasteiger partial charge is 0.444 e. The lowest BCUT2D eigenvalue weighted by atomic mass is 10.1. The molecule has 9 nitrogen and oxygen atoms in total. The third-order valence-electron chi connectivity index (χ3n) is 4.02. The zero-order chi connectivity index (χ0) is 18.3. The van der Waals surface area contributed by atoms with E-state index in [0.717, 1.165) is 0 Å². The highest BCUT2D eigenvalue weighted by Gasteiger charge is 2.44. The quantitative estimate of drug-likeness (QED) is 0.668. The van der Waals surface area contributed by atoms with Crippen molar-refractivity contribution in [2.75, 3.05) is 25.4 Å². The first-order valence-electron chi connectivity index (χ1n) is 7.81. The number of likely N-dealkylation sites (tertiary alicyclic amines) is 2. The van der Waals surface area contributed by atoms with E-state index >= 15 is 0 Å². The number of carbonyl (C=O) groups excluding carboxylic acids is 2. The Morgan fingerprint density at radius 2 is 1.96 bits per heavy atom. The van der Waals surface area contributed by atoms with Crippen LogP contribution in [-0.4, -0.2) is 78.5 Å². The molecule has 0 aromatic rings. The first kappa shape index (κ1) is 18.9. The van der Waals surface area contributed by atoms with Crippen LogP contribution in [0.3, 0.4) is 0 Å². The smallest absolute Gasteiger partial charge is 0.410 e. The van der Waals surface area contributed by atoms with Crippen LogP contribution in [-0.2, 0) is 19.6 Å². The summed E-state index contributed by atoms with van der Waals surface area (Å²) in [6.07, 6.45) is -1.36. The van der Waals surface area contributed by atoms with Crippen LogP contribution in [0.5, 0.6) is 0 Å². The zero-order valence-corrected chi connectivity index (χ0v) is 15.0. The number of rotatable bonds is 3. The fraction of sp³-hybridized carbons (Fsp3) is 0.857. The molecule has 0 radical (unpaired) electrons. The maximum atomic E-state index is 12.2. The van der Waals surface area contributed by atoms with Gasteiger partial charge in [-0.3, -0.25) is 4.79 Å². The third kappa shape index (κ3) is 4.81. The highest BCUT2D eigenvalue weighted by atomic mass is 32.2. The molecule has 0 saturated carbocycles. The number of primary sulfonamides is 1. The van der Waals surface area contributed by atoms with Gasteiger partial charge in [0.25, 0.3) is 0 Å². The Labute approximate surface area is 141 Å². The Balaban J connectivity index is 2.00. The zero-order valence-electron chi connectivity index (χ0n) is 14.1. The number of sulfonamides is 1. The molecule has 2 heterocycles. The molecule has 138 valence electrons. The Morgan fingerprint density at radius 1 is 1.33 bits per heavy atom. The molecule has 3 unspecified atom stereocenters. The number of nitrogens with zero attached hydrogens (tertiary/aromatic N) is 2. The van der Waals surface area contributed by atoms with Gasteiger partial charge in [0.2, 0.25) is 15.9 Å². The molecule has 24 heavy (non-hydrogen) atoms. The fourth-order valence-corrected chi connectivity index (χ4v) is 4.00. The summed E-state index contributed by atoms with van der Waals surface area (Å²) in [5, 5.41) is 15.2. The second kappa shape index (κ2) is 6.49. The molecule has 0 bridgehead atoms. The molecule has 10 heteroatoms. The first-order chi connectivity index (χ1) is 10.9. The molecule has 2 fully saturated rings. The van der Waals surface area contributed by atoms with Crippen LogP contribution in [0.1, 0.15) is 27.2 Å². The summed E-state index contributed by atoms with van der Waals surface area (Å²) in [6.45, 7) is 5.68. The number of aliphatic hydroxyl groups excluding tert-OH is 1. The minimum Gasteiger partial charge on any atom is -0.444 e. The van der Waals surface area contributed by atoms with Crippen molar-refractivity contribution in [1.82, 2.24) is 9.80 Å². The van der Waals surface area contributed by atoms with Gasteiger partial charge < -0.3 is 19.6 Å². The summed E-state index contributed by atoms with van der Waals surface area (Å²) in [7, 11) is -3.66. The van der Waals surface area contributed by atoms with E-state index in [1.165, 1.54) is 9.80 Å². The number of amides is 2. The molecular weight excluding hydrogens is 338 g/mol. The molecule has 0 spiro atoms. The van der Waals surface area contributed by atoms with E-state index in [9.17, 15) is 23.1 Å². The molecule has 2 amide bonds. The average Bonchev–Trinajstić information content (AvgIpc) is 2.88. The maximum absolute atomic E-state index is 12.2. The number of aliphatic hydroxyl groups is 1. The van der Waals surface area contributed by atoms with Crippen molar-refractivity contribution in [2.45, 2.75) is 44.9 Å². The second-order valence-electron chi connectivity index (χ2n) is 7.47. The van der Waals surface area contributed by atoms with E-state index in [2.05, 4.69) is 0 Å². The van der Waals surface area contributed by atoms with Gasteiger partial charge in [-0.15, -0.1) is 0 Å². The Bertz CT molecular complexity index is 614. The molecule has 2 aliphatic rings. The monoisotopic (exact) mass is 363 g/mol. The van der Waals surface area contributed by atoms with Crippen LogP contribution >= 0.6 is 0 Å². The average molecular weight is 363 g/mol. The van der Waals surface area contributed by atoms with Crippen molar-refractivity contribution in [1.29, 1.82) is 0 Å². The SMILES string of the molecule is CC(C)(C)OC(=O)N1CC(O)C(N2CC(CS(N)(=O)=O)CC2=O)C1. The normalized spacial score (nSPS) is 28.5. The number of ether oxygens (including phenoxy) is 1. The van der Waals surface area contributed by atoms with Gasteiger partial charge in [0.15, 0.2) is 0 Å². The summed E-state index contributed by atoms with van der Waals surface area (Å²) in [5.41, 5.74) is -0.649. The van der Waals surface area contributed by atoms with E-state index in [1.54, 1.807) is 20.8 Å². The maximum Gasteiger partial charge on any atom is 0.410 e. The van der Waals surface area contributed by atoms with Gasteiger partial charge in [-0.2, -0.15) is 0 Å². The summed E-state index contributed by atoms with van der Waals surface area (Å²) >= 11 is 0. The number of carbonyl (C=O) groups is 2. The van der Waals surface area contributed by atoms with Crippen LogP contribution < -0.4 is 5.14 Å². The number of hydrogen-bond acceptors (Lipinski definition) is 6. The minimum atomic E-state index is -3.66. The van der Waals surface area contributed by atoms with Crippen molar-refractivity contribution in [2.24, 2.45) is 11.1 Å². The van der Waals surface area contributed by atoms with Gasteiger partial charge in [-0.1, -0.05) is 0 Å². The highest BCUT2D eigenvalue weighted by Crippen LogP contribution is 2.26. The number of β-amino-alcohol motifs (C(OH)–C–C–N with tert-alkyl or cyclic N) is 1. The van der Waals surface area contributed by atoms with E-state index in [0.29, 0.717) is 0 Å². The van der Waals surface area contributed by atoms with Crippen LogP contribution in [0, 0.1) is 5.92 Å². The van der Waals surface area contributed by atoms with Crippen LogP contribution in [0.2, 0.25) is 0 Å². The molecule has 0 aromatic carbocycles. The van der Waals surface area contributed by atoms with Gasteiger partial charge in [0.1, 0.15) is 5.60 Å².